The van der Waals surface area contributed by atoms with Crippen LogP contribution >= 0.6 is 11.8 Å². The zero-order valence-electron chi connectivity index (χ0n) is 7.57. The first-order valence-corrected chi connectivity index (χ1v) is 6.47. The molecule has 0 aromatic heterocycles. The molecule has 1 atom stereocenters. The second kappa shape index (κ2) is 3.07. The van der Waals surface area contributed by atoms with Crippen LogP contribution in [-0.4, -0.2) is 24.2 Å². The topological polar surface area (TPSA) is 34.1 Å². The summed E-state index contributed by atoms with van der Waals surface area (Å²) in [7, 11) is -2.87. The third-order valence-electron chi connectivity index (χ3n) is 1.40. The Morgan fingerprint density at radius 1 is 1.42 bits per heavy atom. The maximum atomic E-state index is 11.0. The Balaban J connectivity index is 2.57. The lowest BCUT2D eigenvalue weighted by atomic mass is 10.3. The number of hydrogen-bond donors (Lipinski definition) is 0. The van der Waals surface area contributed by atoms with E-state index in [-0.39, 0.29) is 15.7 Å². The highest BCUT2D eigenvalue weighted by molar-refractivity contribution is 8.03. The van der Waals surface area contributed by atoms with Crippen LogP contribution in [0.3, 0.4) is 0 Å². The van der Waals surface area contributed by atoms with Crippen LogP contribution in [0, 0.1) is 0 Å². The molecule has 0 fully saturated rings. The van der Waals surface area contributed by atoms with E-state index in [1.54, 1.807) is 17.8 Å². The molecule has 12 heavy (non-hydrogen) atoms. The molecule has 0 N–H and O–H groups in total. The lowest BCUT2D eigenvalue weighted by Gasteiger charge is -2.20. The van der Waals surface area contributed by atoms with E-state index < -0.39 is 9.84 Å². The highest BCUT2D eigenvalue weighted by Crippen LogP contribution is 2.32. The van der Waals surface area contributed by atoms with Crippen molar-refractivity contribution in [3.05, 3.63) is 11.5 Å². The Bertz CT molecular complexity index is 283. The molecule has 0 aliphatic carbocycles. The summed E-state index contributed by atoms with van der Waals surface area (Å²) in [5.41, 5.74) is 0. The summed E-state index contributed by atoms with van der Waals surface area (Å²) in [5.74, 6) is 0.273. The van der Waals surface area contributed by atoms with Gasteiger partial charge in [-0.1, -0.05) is 26.8 Å². The fraction of sp³-hybridized carbons (Fsp3) is 0.750. The van der Waals surface area contributed by atoms with Crippen molar-refractivity contribution in [3.8, 4) is 0 Å². The number of hydrogen-bond acceptors (Lipinski definition) is 3. The van der Waals surface area contributed by atoms with Crippen LogP contribution in [-0.2, 0) is 9.84 Å². The predicted octanol–water partition coefficient (Wildman–Crippen LogP) is 1.83. The molecule has 0 spiro atoms. The average Bonchev–Trinajstić information content (AvgIpc) is 2.05. The SMILES string of the molecule is CC(C)(C)S[C@@H]1C=CS(=O)(=O)C1. The van der Waals surface area contributed by atoms with E-state index in [0.717, 1.165) is 0 Å². The van der Waals surface area contributed by atoms with Gasteiger partial charge in [0, 0.05) is 15.4 Å². The summed E-state index contributed by atoms with van der Waals surface area (Å²) >= 11 is 1.70. The molecular formula is C8H14O2S2. The number of thioether (sulfide) groups is 1. The van der Waals surface area contributed by atoms with Crippen molar-refractivity contribution in [1.29, 1.82) is 0 Å². The minimum Gasteiger partial charge on any atom is -0.224 e. The fourth-order valence-electron chi connectivity index (χ4n) is 1.07. The van der Waals surface area contributed by atoms with Crippen molar-refractivity contribution >= 4 is 21.6 Å². The first-order valence-electron chi connectivity index (χ1n) is 3.87. The second-order valence-electron chi connectivity index (χ2n) is 3.93. The molecular weight excluding hydrogens is 192 g/mol. The van der Waals surface area contributed by atoms with Crippen LogP contribution in [0.15, 0.2) is 11.5 Å². The van der Waals surface area contributed by atoms with Gasteiger partial charge in [0.15, 0.2) is 9.84 Å². The molecule has 0 aromatic carbocycles. The molecule has 1 rings (SSSR count). The quantitative estimate of drug-likeness (QED) is 0.656. The zero-order chi connectivity index (χ0) is 9.41. The summed E-state index contributed by atoms with van der Waals surface area (Å²) in [6.07, 6.45) is 1.78. The predicted molar refractivity (Wildman–Crippen MR) is 54.1 cm³/mol. The van der Waals surface area contributed by atoms with Crippen LogP contribution in [0.25, 0.3) is 0 Å². The Hall–Kier alpha value is 0.0400. The minimum absolute atomic E-state index is 0.134. The van der Waals surface area contributed by atoms with Crippen molar-refractivity contribution in [1.82, 2.24) is 0 Å². The van der Waals surface area contributed by atoms with Gasteiger partial charge in [0.1, 0.15) is 0 Å². The molecule has 1 aliphatic heterocycles. The van der Waals surface area contributed by atoms with Gasteiger partial charge in [-0.05, 0) is 0 Å². The van der Waals surface area contributed by atoms with E-state index in [1.807, 2.05) is 0 Å². The maximum Gasteiger partial charge on any atom is 0.172 e. The van der Waals surface area contributed by atoms with E-state index in [9.17, 15) is 8.42 Å². The molecule has 1 aliphatic rings. The van der Waals surface area contributed by atoms with Gasteiger partial charge in [0.05, 0.1) is 5.75 Å². The van der Waals surface area contributed by atoms with Gasteiger partial charge in [0.2, 0.25) is 0 Å². The third kappa shape index (κ3) is 3.19. The molecule has 0 saturated heterocycles. The third-order valence-corrected chi connectivity index (χ3v) is 4.34. The first-order chi connectivity index (χ1) is 5.29. The van der Waals surface area contributed by atoms with Crippen molar-refractivity contribution < 1.29 is 8.42 Å². The normalized spacial score (nSPS) is 27.8. The lowest BCUT2D eigenvalue weighted by molar-refractivity contribution is 0.606. The molecule has 2 nitrogen and oxygen atoms in total. The monoisotopic (exact) mass is 206 g/mol. The highest BCUT2D eigenvalue weighted by Gasteiger charge is 2.26. The van der Waals surface area contributed by atoms with E-state index >= 15 is 0 Å². The smallest absolute Gasteiger partial charge is 0.172 e. The molecule has 0 bridgehead atoms. The van der Waals surface area contributed by atoms with E-state index in [2.05, 4.69) is 20.8 Å². The van der Waals surface area contributed by atoms with Crippen LogP contribution in [0.2, 0.25) is 0 Å². The Morgan fingerprint density at radius 3 is 2.33 bits per heavy atom. The van der Waals surface area contributed by atoms with Gasteiger partial charge in [0.25, 0.3) is 0 Å². The van der Waals surface area contributed by atoms with Gasteiger partial charge in [-0.3, -0.25) is 0 Å². The molecule has 0 aromatic rings. The fourth-order valence-corrected chi connectivity index (χ4v) is 4.19. The average molecular weight is 206 g/mol. The summed E-state index contributed by atoms with van der Waals surface area (Å²) in [5, 5.41) is 1.48. The van der Waals surface area contributed by atoms with E-state index in [1.165, 1.54) is 5.41 Å². The number of rotatable bonds is 1. The second-order valence-corrected chi connectivity index (χ2v) is 7.92. The summed E-state index contributed by atoms with van der Waals surface area (Å²) in [4.78, 5) is 0. The Kier molecular flexibility index (Phi) is 2.59. The van der Waals surface area contributed by atoms with Gasteiger partial charge in [-0.25, -0.2) is 8.42 Å². The Labute approximate surface area is 78.3 Å². The van der Waals surface area contributed by atoms with Gasteiger partial charge >= 0.3 is 0 Å². The summed E-state index contributed by atoms with van der Waals surface area (Å²) in [6, 6.07) is 0. The summed E-state index contributed by atoms with van der Waals surface area (Å²) < 4.78 is 22.2. The van der Waals surface area contributed by atoms with Gasteiger partial charge in [-0.15, -0.1) is 11.8 Å². The van der Waals surface area contributed by atoms with Crippen molar-refractivity contribution in [2.24, 2.45) is 0 Å². The van der Waals surface area contributed by atoms with Crippen LogP contribution < -0.4 is 0 Å². The summed E-state index contributed by atoms with van der Waals surface area (Å²) in [6.45, 7) is 6.28. The Morgan fingerprint density at radius 2 is 2.00 bits per heavy atom. The van der Waals surface area contributed by atoms with Crippen molar-refractivity contribution in [3.63, 3.8) is 0 Å². The van der Waals surface area contributed by atoms with Gasteiger partial charge < -0.3 is 0 Å². The maximum absolute atomic E-state index is 11.0. The molecule has 4 heteroatoms. The van der Waals surface area contributed by atoms with Crippen LogP contribution in [0.1, 0.15) is 20.8 Å². The molecule has 1 heterocycles. The van der Waals surface area contributed by atoms with E-state index in [4.69, 9.17) is 0 Å². The number of sulfone groups is 1. The van der Waals surface area contributed by atoms with Crippen molar-refractivity contribution in [2.45, 2.75) is 30.8 Å². The molecule has 0 saturated carbocycles. The molecule has 70 valence electrons. The lowest BCUT2D eigenvalue weighted by Crippen LogP contribution is -2.16. The molecule has 0 radical (unpaired) electrons. The van der Waals surface area contributed by atoms with E-state index in [0.29, 0.717) is 0 Å². The van der Waals surface area contributed by atoms with Crippen LogP contribution in [0.4, 0.5) is 0 Å². The standard InChI is InChI=1S/C8H14O2S2/c1-8(2,3)11-7-4-5-12(9,10)6-7/h4-5,7H,6H2,1-3H3/t7-/m1/s1. The van der Waals surface area contributed by atoms with Crippen LogP contribution in [0.5, 0.6) is 0 Å². The minimum atomic E-state index is -2.87. The highest BCUT2D eigenvalue weighted by atomic mass is 32.2. The molecule has 0 unspecified atom stereocenters. The van der Waals surface area contributed by atoms with Crippen molar-refractivity contribution in [2.75, 3.05) is 5.75 Å². The first kappa shape index (κ1) is 10.1. The largest absolute Gasteiger partial charge is 0.224 e. The molecule has 0 amide bonds. The van der Waals surface area contributed by atoms with Gasteiger partial charge in [-0.2, -0.15) is 0 Å². The zero-order valence-corrected chi connectivity index (χ0v) is 9.21.